The topological polar surface area (TPSA) is 104 Å². The van der Waals surface area contributed by atoms with E-state index in [-0.39, 0.29) is 5.91 Å². The Hall–Kier alpha value is -3.81. The smallest absolute Gasteiger partial charge is 0.254 e. The lowest BCUT2D eigenvalue weighted by Crippen LogP contribution is -2.34. The Morgan fingerprint density at radius 3 is 2.58 bits per heavy atom. The lowest BCUT2D eigenvalue weighted by Gasteiger charge is -2.21. The monoisotopic (exact) mass is 504 g/mol. The number of nitrogens with zero attached hydrogens (tertiary/aromatic N) is 5. The maximum absolute atomic E-state index is 13.1. The van der Waals surface area contributed by atoms with Gasteiger partial charge in [0.2, 0.25) is 5.95 Å². The number of hydrogen-bond donors (Lipinski definition) is 1. The second-order valence-electron chi connectivity index (χ2n) is 8.36. The standard InChI is InChI=1S/C26H28N6O3S/c1-31-9-4-10-32(12-11-31)25(33)19-7-8-22(24(14-19)34-2)30-26-28-16-21(17-29-26)18-5-6-20(15-27)23(13-18)35-36-3/h5-8,13-14,16-17H,4,9-12H2,1-3H3,(H,28,29,30). The van der Waals surface area contributed by atoms with Gasteiger partial charge in [0.1, 0.15) is 11.8 Å². The molecule has 4 rings (SSSR count). The highest BCUT2D eigenvalue weighted by Gasteiger charge is 2.20. The van der Waals surface area contributed by atoms with Crippen LogP contribution in [0, 0.1) is 11.3 Å². The van der Waals surface area contributed by atoms with Crippen LogP contribution >= 0.6 is 12.0 Å². The summed E-state index contributed by atoms with van der Waals surface area (Å²) in [6.45, 7) is 3.31. The maximum Gasteiger partial charge on any atom is 0.254 e. The van der Waals surface area contributed by atoms with Crippen LogP contribution in [0.3, 0.4) is 0 Å². The maximum atomic E-state index is 13.1. The Bertz CT molecular complexity index is 1260. The van der Waals surface area contributed by atoms with Crippen LogP contribution in [0.25, 0.3) is 11.1 Å². The van der Waals surface area contributed by atoms with Gasteiger partial charge in [-0.1, -0.05) is 6.07 Å². The third-order valence-electron chi connectivity index (χ3n) is 5.96. The largest absolute Gasteiger partial charge is 0.495 e. The fourth-order valence-electron chi connectivity index (χ4n) is 3.97. The highest BCUT2D eigenvalue weighted by atomic mass is 32.2. The summed E-state index contributed by atoms with van der Waals surface area (Å²) in [5.41, 5.74) is 3.33. The summed E-state index contributed by atoms with van der Waals surface area (Å²) in [4.78, 5) is 26.0. The van der Waals surface area contributed by atoms with Crippen molar-refractivity contribution in [1.29, 1.82) is 5.26 Å². The molecular formula is C26H28N6O3S. The van der Waals surface area contributed by atoms with E-state index < -0.39 is 0 Å². The van der Waals surface area contributed by atoms with Crippen LogP contribution in [0.1, 0.15) is 22.3 Å². The number of carbonyl (C=O) groups is 1. The Morgan fingerprint density at radius 2 is 1.86 bits per heavy atom. The third kappa shape index (κ3) is 5.87. The molecule has 1 amide bonds. The van der Waals surface area contributed by atoms with E-state index in [1.165, 1.54) is 12.0 Å². The number of methoxy groups -OCH3 is 1. The van der Waals surface area contributed by atoms with Crippen LogP contribution in [0.2, 0.25) is 0 Å². The van der Waals surface area contributed by atoms with E-state index in [0.29, 0.717) is 40.8 Å². The van der Waals surface area contributed by atoms with Gasteiger partial charge in [0, 0.05) is 49.4 Å². The summed E-state index contributed by atoms with van der Waals surface area (Å²) >= 11 is 1.18. The Balaban J connectivity index is 1.49. The summed E-state index contributed by atoms with van der Waals surface area (Å²) < 4.78 is 11.0. The molecular weight excluding hydrogens is 476 g/mol. The summed E-state index contributed by atoms with van der Waals surface area (Å²) in [6.07, 6.45) is 6.14. The van der Waals surface area contributed by atoms with Gasteiger partial charge in [-0.25, -0.2) is 9.97 Å². The van der Waals surface area contributed by atoms with Crippen molar-refractivity contribution in [2.45, 2.75) is 6.42 Å². The molecule has 2 aromatic carbocycles. The lowest BCUT2D eigenvalue weighted by atomic mass is 10.1. The molecule has 0 aliphatic carbocycles. The van der Waals surface area contributed by atoms with Crippen molar-refractivity contribution >= 4 is 29.6 Å². The molecule has 2 heterocycles. The van der Waals surface area contributed by atoms with Gasteiger partial charge in [0.05, 0.1) is 30.4 Å². The number of ether oxygens (including phenoxy) is 1. The van der Waals surface area contributed by atoms with Crippen LogP contribution in [-0.4, -0.2) is 72.3 Å². The van der Waals surface area contributed by atoms with Crippen molar-refractivity contribution in [3.05, 3.63) is 59.9 Å². The average molecular weight is 505 g/mol. The van der Waals surface area contributed by atoms with E-state index in [4.69, 9.17) is 8.92 Å². The molecule has 1 aliphatic heterocycles. The quantitative estimate of drug-likeness (QED) is 0.474. The fraction of sp³-hybridized carbons (Fsp3) is 0.308. The molecule has 1 aliphatic rings. The summed E-state index contributed by atoms with van der Waals surface area (Å²) in [5, 5.41) is 12.4. The zero-order valence-electron chi connectivity index (χ0n) is 20.5. The molecule has 1 aromatic heterocycles. The van der Waals surface area contributed by atoms with Gasteiger partial charge < -0.3 is 24.0 Å². The zero-order chi connectivity index (χ0) is 25.5. The second kappa shape index (κ2) is 11.7. The van der Waals surface area contributed by atoms with Gasteiger partial charge in [0.15, 0.2) is 5.75 Å². The van der Waals surface area contributed by atoms with Crippen LogP contribution in [0.5, 0.6) is 11.5 Å². The van der Waals surface area contributed by atoms with Crippen molar-refractivity contribution in [2.24, 2.45) is 0 Å². The van der Waals surface area contributed by atoms with E-state index >= 15 is 0 Å². The van der Waals surface area contributed by atoms with E-state index in [1.54, 1.807) is 56.1 Å². The van der Waals surface area contributed by atoms with Gasteiger partial charge in [-0.05, 0) is 55.9 Å². The molecule has 1 saturated heterocycles. The third-order valence-corrected chi connectivity index (χ3v) is 6.31. The fourth-order valence-corrected chi connectivity index (χ4v) is 4.29. The first-order valence-electron chi connectivity index (χ1n) is 11.5. The Labute approximate surface area is 215 Å². The first kappa shape index (κ1) is 25.3. The van der Waals surface area contributed by atoms with Crippen LogP contribution in [0.4, 0.5) is 11.6 Å². The molecule has 1 fully saturated rings. The normalized spacial score (nSPS) is 14.0. The van der Waals surface area contributed by atoms with Gasteiger partial charge in [-0.3, -0.25) is 4.79 Å². The molecule has 36 heavy (non-hydrogen) atoms. The van der Waals surface area contributed by atoms with Crippen LogP contribution < -0.4 is 14.2 Å². The number of nitriles is 1. The highest BCUT2D eigenvalue weighted by molar-refractivity contribution is 7.94. The Kier molecular flexibility index (Phi) is 8.25. The van der Waals surface area contributed by atoms with Crippen molar-refractivity contribution in [3.8, 4) is 28.7 Å². The minimum Gasteiger partial charge on any atom is -0.495 e. The molecule has 0 bridgehead atoms. The predicted molar refractivity (Wildman–Crippen MR) is 141 cm³/mol. The van der Waals surface area contributed by atoms with Crippen LogP contribution in [-0.2, 0) is 0 Å². The van der Waals surface area contributed by atoms with Crippen molar-refractivity contribution in [2.75, 3.05) is 51.9 Å². The average Bonchev–Trinajstić information content (AvgIpc) is 3.13. The molecule has 186 valence electrons. The molecule has 3 aromatic rings. The number of benzene rings is 2. The zero-order valence-corrected chi connectivity index (χ0v) is 21.3. The SMILES string of the molecule is COc1cc(C(=O)N2CCCN(C)CC2)ccc1Nc1ncc(-c2ccc(C#N)c(OSC)c2)cn1. The van der Waals surface area contributed by atoms with Gasteiger partial charge in [-0.2, -0.15) is 5.26 Å². The minimum atomic E-state index is 0.00277. The molecule has 0 saturated carbocycles. The summed E-state index contributed by atoms with van der Waals surface area (Å²) in [5.74, 6) is 1.42. The van der Waals surface area contributed by atoms with Crippen molar-refractivity contribution in [1.82, 2.24) is 19.8 Å². The number of likely N-dealkylation sites (N-methyl/N-ethyl adjacent to an activating group) is 1. The molecule has 0 spiro atoms. The van der Waals surface area contributed by atoms with Crippen molar-refractivity contribution in [3.63, 3.8) is 0 Å². The number of amides is 1. The number of aromatic nitrogens is 2. The summed E-state index contributed by atoms with van der Waals surface area (Å²) in [7, 11) is 3.65. The molecule has 0 radical (unpaired) electrons. The van der Waals surface area contributed by atoms with E-state index in [2.05, 4.69) is 33.3 Å². The molecule has 9 nitrogen and oxygen atoms in total. The van der Waals surface area contributed by atoms with E-state index in [1.807, 2.05) is 11.0 Å². The first-order chi connectivity index (χ1) is 17.5. The molecule has 0 atom stereocenters. The minimum absolute atomic E-state index is 0.00277. The van der Waals surface area contributed by atoms with Gasteiger partial charge >= 0.3 is 0 Å². The number of hydrogen-bond acceptors (Lipinski definition) is 9. The van der Waals surface area contributed by atoms with Crippen LogP contribution in [0.15, 0.2) is 48.8 Å². The van der Waals surface area contributed by atoms with E-state index in [0.717, 1.165) is 37.2 Å². The number of anilines is 2. The Morgan fingerprint density at radius 1 is 1.06 bits per heavy atom. The van der Waals surface area contributed by atoms with E-state index in [9.17, 15) is 10.1 Å². The number of carbonyl (C=O) groups excluding carboxylic acids is 1. The second-order valence-corrected chi connectivity index (χ2v) is 8.86. The van der Waals surface area contributed by atoms with Gasteiger partial charge in [-0.15, -0.1) is 0 Å². The summed E-state index contributed by atoms with van der Waals surface area (Å²) in [6, 6.07) is 12.8. The first-order valence-corrected chi connectivity index (χ1v) is 12.7. The number of nitrogens with one attached hydrogen (secondary N) is 1. The highest BCUT2D eigenvalue weighted by Crippen LogP contribution is 2.30. The molecule has 0 unspecified atom stereocenters. The van der Waals surface area contributed by atoms with Gasteiger partial charge in [0.25, 0.3) is 5.91 Å². The molecule has 1 N–H and O–H groups in total. The molecule has 10 heteroatoms. The number of rotatable bonds is 7. The van der Waals surface area contributed by atoms with Crippen molar-refractivity contribution < 1.29 is 13.7 Å². The predicted octanol–water partition coefficient (Wildman–Crippen LogP) is 4.20. The lowest BCUT2D eigenvalue weighted by molar-refractivity contribution is 0.0762.